The van der Waals surface area contributed by atoms with Gasteiger partial charge >= 0.3 is 0 Å². The lowest BCUT2D eigenvalue weighted by molar-refractivity contribution is -0.132. The molecule has 1 unspecified atom stereocenters. The van der Waals surface area contributed by atoms with E-state index < -0.39 is 5.92 Å². The molecule has 19 heavy (non-hydrogen) atoms. The number of rotatable bonds is 7. The van der Waals surface area contributed by atoms with E-state index in [0.29, 0.717) is 13.0 Å². The largest absolute Gasteiger partial charge is 0.409 e. The van der Waals surface area contributed by atoms with Gasteiger partial charge in [0.25, 0.3) is 0 Å². The second-order valence-electron chi connectivity index (χ2n) is 4.46. The molecule has 1 atom stereocenters. The van der Waals surface area contributed by atoms with Crippen LogP contribution in [0.15, 0.2) is 22.7 Å². The Morgan fingerprint density at radius 3 is 2.89 bits per heavy atom. The fraction of sp³-hybridized carbons (Fsp3) is 0.538. The lowest BCUT2D eigenvalue weighted by atomic mass is 10.0. The van der Waals surface area contributed by atoms with E-state index in [-0.39, 0.29) is 11.7 Å². The number of nitrogens with zero attached hydrogens (tertiary/aromatic N) is 2. The molecule has 1 aromatic rings. The minimum Gasteiger partial charge on any atom is -0.409 e. The molecule has 0 saturated heterocycles. The van der Waals surface area contributed by atoms with Crippen LogP contribution in [0.2, 0.25) is 0 Å². The van der Waals surface area contributed by atoms with E-state index in [9.17, 15) is 4.79 Å². The van der Waals surface area contributed by atoms with E-state index >= 15 is 0 Å². The van der Waals surface area contributed by atoms with Crippen molar-refractivity contribution >= 4 is 23.1 Å². The Morgan fingerprint density at radius 1 is 1.63 bits per heavy atom. The summed E-state index contributed by atoms with van der Waals surface area (Å²) in [6.07, 6.45) is 2.23. The van der Waals surface area contributed by atoms with Crippen LogP contribution in [-0.4, -0.2) is 35.4 Å². The lowest BCUT2D eigenvalue weighted by Gasteiger charge is -2.22. The number of hydrogen-bond donors (Lipinski definition) is 2. The van der Waals surface area contributed by atoms with Crippen LogP contribution in [-0.2, 0) is 11.2 Å². The van der Waals surface area contributed by atoms with Crippen LogP contribution >= 0.6 is 11.3 Å². The molecule has 1 amide bonds. The van der Waals surface area contributed by atoms with Crippen LogP contribution < -0.4 is 5.73 Å². The molecular formula is C13H21N3O2S. The zero-order chi connectivity index (χ0) is 14.3. The van der Waals surface area contributed by atoms with Crippen molar-refractivity contribution in [2.45, 2.75) is 26.2 Å². The molecule has 5 nitrogen and oxygen atoms in total. The summed E-state index contributed by atoms with van der Waals surface area (Å²) in [7, 11) is 1.75. The monoisotopic (exact) mass is 283 g/mol. The van der Waals surface area contributed by atoms with Gasteiger partial charge in [-0.3, -0.25) is 4.79 Å². The van der Waals surface area contributed by atoms with E-state index in [0.717, 1.165) is 12.8 Å². The first-order valence-electron chi connectivity index (χ1n) is 6.34. The van der Waals surface area contributed by atoms with Gasteiger partial charge in [0.05, 0.1) is 5.92 Å². The van der Waals surface area contributed by atoms with Crippen molar-refractivity contribution in [2.24, 2.45) is 16.8 Å². The Labute approximate surface area is 117 Å². The van der Waals surface area contributed by atoms with Gasteiger partial charge in [-0.2, -0.15) is 0 Å². The van der Waals surface area contributed by atoms with Crippen LogP contribution in [0.3, 0.4) is 0 Å². The quantitative estimate of drug-likeness (QED) is 0.347. The smallest absolute Gasteiger partial charge is 0.233 e. The molecule has 0 bridgehead atoms. The fourth-order valence-corrected chi connectivity index (χ4v) is 2.56. The van der Waals surface area contributed by atoms with E-state index in [2.05, 4.69) is 11.2 Å². The van der Waals surface area contributed by atoms with Gasteiger partial charge < -0.3 is 15.8 Å². The summed E-state index contributed by atoms with van der Waals surface area (Å²) in [5.74, 6) is -0.619. The summed E-state index contributed by atoms with van der Waals surface area (Å²) in [6, 6.07) is 4.05. The van der Waals surface area contributed by atoms with Crippen LogP contribution in [0, 0.1) is 5.92 Å². The molecule has 0 aliphatic carbocycles. The molecule has 0 aliphatic rings. The van der Waals surface area contributed by atoms with Crippen LogP contribution in [0.1, 0.15) is 24.6 Å². The standard InChI is InChI=1S/C13H21N3O2S/c1-3-5-11(12(14)15-18)13(17)16(2)8-7-10-6-4-9-19-10/h4,6,9,11,18H,3,5,7-8H2,1-2H3,(H2,14,15). The summed E-state index contributed by atoms with van der Waals surface area (Å²) < 4.78 is 0. The Kier molecular flexibility index (Phi) is 6.35. The van der Waals surface area contributed by atoms with Crippen molar-refractivity contribution in [3.63, 3.8) is 0 Å². The predicted octanol–water partition coefficient (Wildman–Crippen LogP) is 1.91. The minimum absolute atomic E-state index is 0.00479. The second-order valence-corrected chi connectivity index (χ2v) is 5.49. The molecule has 1 aromatic heterocycles. The molecule has 0 saturated carbocycles. The molecule has 1 rings (SSSR count). The number of thiophene rings is 1. The van der Waals surface area contributed by atoms with Gasteiger partial charge in [-0.1, -0.05) is 24.6 Å². The molecule has 0 radical (unpaired) electrons. The SMILES string of the molecule is CCCC(C(=O)N(C)CCc1cccs1)C(N)=NO. The molecule has 0 aromatic carbocycles. The highest BCUT2D eigenvalue weighted by molar-refractivity contribution is 7.09. The van der Waals surface area contributed by atoms with Gasteiger partial charge in [-0.15, -0.1) is 11.3 Å². The average Bonchev–Trinajstić information content (AvgIpc) is 2.93. The Bertz CT molecular complexity index is 418. The number of amides is 1. The number of carbonyl (C=O) groups excluding carboxylic acids is 1. The highest BCUT2D eigenvalue weighted by atomic mass is 32.1. The molecule has 106 valence electrons. The van der Waals surface area contributed by atoms with E-state index in [4.69, 9.17) is 10.9 Å². The Hall–Kier alpha value is -1.56. The summed E-state index contributed by atoms with van der Waals surface area (Å²) in [5.41, 5.74) is 5.59. The van der Waals surface area contributed by atoms with E-state index in [1.54, 1.807) is 23.3 Å². The van der Waals surface area contributed by atoms with E-state index in [1.165, 1.54) is 4.88 Å². The first-order valence-corrected chi connectivity index (χ1v) is 7.22. The van der Waals surface area contributed by atoms with Gasteiger partial charge in [0.2, 0.25) is 5.91 Å². The number of oxime groups is 1. The van der Waals surface area contributed by atoms with Crippen molar-refractivity contribution in [1.29, 1.82) is 0 Å². The number of amidine groups is 1. The van der Waals surface area contributed by atoms with Gasteiger partial charge in [0.1, 0.15) is 0 Å². The average molecular weight is 283 g/mol. The summed E-state index contributed by atoms with van der Waals surface area (Å²) in [6.45, 7) is 2.61. The highest BCUT2D eigenvalue weighted by Crippen LogP contribution is 2.13. The third kappa shape index (κ3) is 4.55. The first-order chi connectivity index (χ1) is 9.10. The molecule has 0 aliphatic heterocycles. The third-order valence-electron chi connectivity index (χ3n) is 3.00. The van der Waals surface area contributed by atoms with Gasteiger partial charge in [0, 0.05) is 18.5 Å². The number of nitrogens with two attached hydrogens (primary N) is 1. The molecular weight excluding hydrogens is 262 g/mol. The topological polar surface area (TPSA) is 78.9 Å². The van der Waals surface area contributed by atoms with Crippen LogP contribution in [0.25, 0.3) is 0 Å². The second kappa shape index (κ2) is 7.78. The van der Waals surface area contributed by atoms with Crippen molar-refractivity contribution < 1.29 is 10.0 Å². The summed E-state index contributed by atoms with van der Waals surface area (Å²) in [5, 5.41) is 13.7. The predicted molar refractivity (Wildman–Crippen MR) is 77.5 cm³/mol. The maximum atomic E-state index is 12.3. The zero-order valence-corrected chi connectivity index (χ0v) is 12.2. The van der Waals surface area contributed by atoms with E-state index in [1.807, 2.05) is 18.4 Å². The molecule has 3 N–H and O–H groups in total. The molecule has 0 fully saturated rings. The van der Waals surface area contributed by atoms with Crippen molar-refractivity contribution in [3.8, 4) is 0 Å². The maximum Gasteiger partial charge on any atom is 0.233 e. The molecule has 0 spiro atoms. The van der Waals surface area contributed by atoms with Crippen molar-refractivity contribution in [3.05, 3.63) is 22.4 Å². The molecule has 6 heteroatoms. The Morgan fingerprint density at radius 2 is 2.37 bits per heavy atom. The normalized spacial score (nSPS) is 13.3. The maximum absolute atomic E-state index is 12.3. The first kappa shape index (κ1) is 15.5. The summed E-state index contributed by atoms with van der Waals surface area (Å²) in [4.78, 5) is 15.1. The third-order valence-corrected chi connectivity index (χ3v) is 3.93. The lowest BCUT2D eigenvalue weighted by Crippen LogP contribution is -2.40. The van der Waals surface area contributed by atoms with Gasteiger partial charge in [-0.05, 0) is 24.3 Å². The number of carbonyl (C=O) groups is 1. The van der Waals surface area contributed by atoms with Crippen molar-refractivity contribution in [1.82, 2.24) is 4.90 Å². The molecule has 1 heterocycles. The zero-order valence-electron chi connectivity index (χ0n) is 11.4. The fourth-order valence-electron chi connectivity index (χ4n) is 1.87. The minimum atomic E-state index is -0.525. The summed E-state index contributed by atoms with van der Waals surface area (Å²) >= 11 is 1.68. The number of hydrogen-bond acceptors (Lipinski definition) is 4. The Balaban J connectivity index is 2.57. The number of likely N-dealkylation sites (N-methyl/N-ethyl adjacent to an activating group) is 1. The van der Waals surface area contributed by atoms with Gasteiger partial charge in [-0.25, -0.2) is 0 Å². The van der Waals surface area contributed by atoms with Crippen molar-refractivity contribution in [2.75, 3.05) is 13.6 Å². The van der Waals surface area contributed by atoms with Gasteiger partial charge in [0.15, 0.2) is 5.84 Å². The highest BCUT2D eigenvalue weighted by Gasteiger charge is 2.25. The van der Waals surface area contributed by atoms with Crippen LogP contribution in [0.4, 0.5) is 0 Å². The van der Waals surface area contributed by atoms with Crippen LogP contribution in [0.5, 0.6) is 0 Å².